The number of imidazole rings is 1. The molecule has 0 fully saturated rings. The molecule has 0 spiro atoms. The lowest BCUT2D eigenvalue weighted by molar-refractivity contribution is -0.636. The maximum absolute atomic E-state index is 8.10. The Bertz CT molecular complexity index is 1130. The second-order valence-electron chi connectivity index (χ2n) is 5.49. The molecule has 1 aliphatic rings. The molecule has 0 aliphatic carbocycles. The van der Waals surface area contributed by atoms with E-state index in [2.05, 4.69) is 9.55 Å². The van der Waals surface area contributed by atoms with Gasteiger partial charge in [0.15, 0.2) is 5.52 Å². The molecule has 0 saturated carbocycles. The van der Waals surface area contributed by atoms with Gasteiger partial charge in [0.1, 0.15) is 12.1 Å². The fraction of sp³-hybridized carbons (Fsp3) is 0.176. The van der Waals surface area contributed by atoms with Gasteiger partial charge in [-0.2, -0.15) is 0 Å². The Morgan fingerprint density at radius 2 is 2.14 bits per heavy atom. The second kappa shape index (κ2) is 3.52. The SMILES string of the molecule is [2H]C([2H])([2H])[n+]1c2n(c3c4ccccc4n(C)c31)Cc1ncccc1-2. The fourth-order valence-electron chi connectivity index (χ4n) is 3.55. The standard InChI is InChI=1S/C17H15N4/c1-19-14-8-4-3-6-12(14)15-17(19)20(2)16-11-7-5-9-18-13(11)10-21(15)16/h3-9H,10H2,1-2H3/q+1/i2D3. The molecule has 4 heterocycles. The molecule has 0 N–H and O–H groups in total. The van der Waals surface area contributed by atoms with Crippen LogP contribution in [-0.2, 0) is 20.6 Å². The molecule has 4 nitrogen and oxygen atoms in total. The Hall–Kier alpha value is -2.62. The van der Waals surface area contributed by atoms with Crippen molar-refractivity contribution in [3.05, 3.63) is 48.3 Å². The third-order valence-electron chi connectivity index (χ3n) is 4.44. The molecule has 0 bridgehead atoms. The number of hydrogen-bond acceptors (Lipinski definition) is 1. The Balaban J connectivity index is 2.05. The lowest BCUT2D eigenvalue weighted by Crippen LogP contribution is -2.31. The summed E-state index contributed by atoms with van der Waals surface area (Å²) in [7, 11) is 1.92. The summed E-state index contributed by atoms with van der Waals surface area (Å²) in [5.74, 6) is 0.712. The molecule has 0 amide bonds. The Morgan fingerprint density at radius 1 is 1.24 bits per heavy atom. The number of pyridine rings is 1. The van der Waals surface area contributed by atoms with Crippen LogP contribution in [0, 0.1) is 0 Å². The number of para-hydroxylation sites is 1. The molecule has 21 heavy (non-hydrogen) atoms. The van der Waals surface area contributed by atoms with Crippen molar-refractivity contribution in [2.45, 2.75) is 6.54 Å². The van der Waals surface area contributed by atoms with E-state index in [9.17, 15) is 0 Å². The van der Waals surface area contributed by atoms with Gasteiger partial charge in [0, 0.05) is 6.20 Å². The summed E-state index contributed by atoms with van der Waals surface area (Å²) in [5.41, 5.74) is 4.52. The van der Waals surface area contributed by atoms with Crippen LogP contribution in [0.1, 0.15) is 9.81 Å². The van der Waals surface area contributed by atoms with Gasteiger partial charge in [0.2, 0.25) is 5.82 Å². The number of nitrogens with zero attached hydrogens (tertiary/aromatic N) is 4. The van der Waals surface area contributed by atoms with Crippen LogP contribution in [0.4, 0.5) is 0 Å². The number of benzene rings is 1. The molecule has 4 heteroatoms. The third-order valence-corrected chi connectivity index (χ3v) is 4.44. The van der Waals surface area contributed by atoms with Crippen LogP contribution >= 0.6 is 0 Å². The predicted octanol–water partition coefficient (Wildman–Crippen LogP) is 2.38. The lowest BCUT2D eigenvalue weighted by Gasteiger charge is -1.98. The van der Waals surface area contributed by atoms with Crippen molar-refractivity contribution in [2.24, 2.45) is 14.0 Å². The maximum atomic E-state index is 8.10. The van der Waals surface area contributed by atoms with Crippen LogP contribution in [0.15, 0.2) is 42.6 Å². The monoisotopic (exact) mass is 278 g/mol. The average molecular weight is 278 g/mol. The number of rotatable bonds is 0. The van der Waals surface area contributed by atoms with Gasteiger partial charge in [0.25, 0.3) is 5.65 Å². The molecule has 4 aromatic rings. The molecule has 0 saturated heterocycles. The van der Waals surface area contributed by atoms with Crippen molar-refractivity contribution in [1.29, 1.82) is 0 Å². The number of aromatic nitrogens is 4. The van der Waals surface area contributed by atoms with Crippen molar-refractivity contribution in [1.82, 2.24) is 14.1 Å². The summed E-state index contributed by atoms with van der Waals surface area (Å²) >= 11 is 0. The van der Waals surface area contributed by atoms with Crippen LogP contribution in [0.2, 0.25) is 0 Å². The molecule has 5 rings (SSSR count). The van der Waals surface area contributed by atoms with Gasteiger partial charge in [-0.25, -0.2) is 9.13 Å². The first kappa shape index (κ1) is 8.62. The first-order chi connectivity index (χ1) is 11.5. The normalized spacial score (nSPS) is 15.8. The molecular formula is C17H15N4+. The van der Waals surface area contributed by atoms with E-state index in [0.717, 1.165) is 33.3 Å². The zero-order valence-electron chi connectivity index (χ0n) is 14.5. The summed E-state index contributed by atoms with van der Waals surface area (Å²) < 4.78 is 29.8. The zero-order valence-corrected chi connectivity index (χ0v) is 11.5. The van der Waals surface area contributed by atoms with E-state index in [0.29, 0.717) is 12.4 Å². The fourth-order valence-corrected chi connectivity index (χ4v) is 3.55. The minimum absolute atomic E-state index is 0.596. The highest BCUT2D eigenvalue weighted by Crippen LogP contribution is 2.36. The van der Waals surface area contributed by atoms with Crippen LogP contribution in [0.5, 0.6) is 0 Å². The Labute approximate surface area is 126 Å². The molecule has 3 aromatic heterocycles. The van der Waals surface area contributed by atoms with Gasteiger partial charge < -0.3 is 0 Å². The Kier molecular flexibility index (Phi) is 1.45. The summed E-state index contributed by atoms with van der Waals surface area (Å²) in [6.07, 6.45) is 1.76. The van der Waals surface area contributed by atoms with E-state index < -0.39 is 6.98 Å². The van der Waals surface area contributed by atoms with Gasteiger partial charge in [0.05, 0.1) is 34.8 Å². The van der Waals surface area contributed by atoms with E-state index >= 15 is 0 Å². The van der Waals surface area contributed by atoms with Gasteiger partial charge in [-0.1, -0.05) is 12.1 Å². The summed E-state index contributed by atoms with van der Waals surface area (Å²) in [6, 6.07) is 11.8. The van der Waals surface area contributed by atoms with Crippen LogP contribution in [0.25, 0.3) is 33.5 Å². The lowest BCUT2D eigenvalue weighted by atomic mass is 10.2. The van der Waals surface area contributed by atoms with Crippen molar-refractivity contribution in [2.75, 3.05) is 0 Å². The number of hydrogen-bond donors (Lipinski definition) is 0. The highest BCUT2D eigenvalue weighted by atomic mass is 15.2. The third kappa shape index (κ3) is 1.17. The molecule has 1 aromatic carbocycles. The minimum Gasteiger partial charge on any atom is -0.259 e. The molecule has 0 unspecified atom stereocenters. The topological polar surface area (TPSA) is 26.6 Å². The van der Waals surface area contributed by atoms with E-state index in [1.165, 1.54) is 4.57 Å². The first-order valence-corrected chi connectivity index (χ1v) is 6.95. The van der Waals surface area contributed by atoms with Crippen LogP contribution in [-0.4, -0.2) is 14.1 Å². The van der Waals surface area contributed by atoms with E-state index in [4.69, 9.17) is 4.11 Å². The molecule has 1 aliphatic heterocycles. The average Bonchev–Trinajstić information content (AvgIpc) is 3.15. The maximum Gasteiger partial charge on any atom is 0.269 e. The highest BCUT2D eigenvalue weighted by molar-refractivity contribution is 6.04. The largest absolute Gasteiger partial charge is 0.269 e. The molecule has 0 atom stereocenters. The minimum atomic E-state index is -2.27. The number of aryl methyl sites for hydroxylation is 2. The second-order valence-corrected chi connectivity index (χ2v) is 5.49. The predicted molar refractivity (Wildman–Crippen MR) is 81.9 cm³/mol. The van der Waals surface area contributed by atoms with E-state index in [-0.39, 0.29) is 0 Å². The number of fused-ring (bicyclic) bond motifs is 7. The smallest absolute Gasteiger partial charge is 0.259 e. The van der Waals surface area contributed by atoms with E-state index in [1.807, 2.05) is 48.0 Å². The Morgan fingerprint density at radius 3 is 3.05 bits per heavy atom. The van der Waals surface area contributed by atoms with Crippen molar-refractivity contribution < 1.29 is 8.68 Å². The van der Waals surface area contributed by atoms with Gasteiger partial charge in [-0.3, -0.25) is 9.55 Å². The van der Waals surface area contributed by atoms with Crippen molar-refractivity contribution in [3.63, 3.8) is 0 Å². The molecule has 102 valence electrons. The van der Waals surface area contributed by atoms with Gasteiger partial charge >= 0.3 is 0 Å². The van der Waals surface area contributed by atoms with Crippen molar-refractivity contribution >= 4 is 22.1 Å². The van der Waals surface area contributed by atoms with Crippen molar-refractivity contribution in [3.8, 4) is 11.4 Å². The first-order valence-electron chi connectivity index (χ1n) is 8.45. The highest BCUT2D eigenvalue weighted by Gasteiger charge is 2.34. The summed E-state index contributed by atoms with van der Waals surface area (Å²) in [6.45, 7) is -1.67. The van der Waals surface area contributed by atoms with Gasteiger partial charge in [-0.15, -0.1) is 0 Å². The van der Waals surface area contributed by atoms with Gasteiger partial charge in [-0.05, 0) is 24.3 Å². The summed E-state index contributed by atoms with van der Waals surface area (Å²) in [5, 5.41) is 1.06. The van der Waals surface area contributed by atoms with Crippen LogP contribution in [0.3, 0.4) is 0 Å². The molecule has 0 radical (unpaired) electrons. The quantitative estimate of drug-likeness (QED) is 0.399. The zero-order chi connectivity index (χ0) is 16.6. The van der Waals surface area contributed by atoms with E-state index in [1.54, 1.807) is 6.20 Å². The summed E-state index contributed by atoms with van der Waals surface area (Å²) in [4.78, 5) is 4.44. The van der Waals surface area contributed by atoms with Crippen LogP contribution < -0.4 is 4.57 Å². The molecular weight excluding hydrogens is 260 g/mol.